The van der Waals surface area contributed by atoms with E-state index in [4.69, 9.17) is 5.11 Å². The number of benzene rings is 3. The fourth-order valence-corrected chi connectivity index (χ4v) is 6.54. The highest BCUT2D eigenvalue weighted by atomic mass is 32.2. The molecule has 0 saturated heterocycles. The highest BCUT2D eigenvalue weighted by Crippen LogP contribution is 2.19. The van der Waals surface area contributed by atoms with Gasteiger partial charge in [0.1, 0.15) is 11.6 Å². The predicted octanol–water partition coefficient (Wildman–Crippen LogP) is 3.94. The van der Waals surface area contributed by atoms with Crippen LogP contribution in [0.4, 0.5) is 8.78 Å². The maximum Gasteiger partial charge on any atom is 0.253 e. The van der Waals surface area contributed by atoms with Crippen LogP contribution in [-0.4, -0.2) is 80.3 Å². The van der Waals surface area contributed by atoms with Crippen molar-refractivity contribution >= 4 is 21.8 Å². The van der Waals surface area contributed by atoms with Gasteiger partial charge in [-0.15, -0.1) is 0 Å². The standard InChI is InChI=1S/C36H48F2N4O6S/c1-4-12-42(13-5-2)36(46)29-19-28(20-32(21-29)49(47,48)40-11-8-14-43)35(45)41-33(18-27-16-30(37)22-31(38)17-27)34(44)24-39-23-26-10-7-9-25(6-3)15-26/h7,9-10,15-17,19-22,33-34,39-40,43-44H,4-6,8,11-14,18,23-24H2,1-3H3,(H,41,45)/t33-,34+/m0/s1. The van der Waals surface area contributed by atoms with Crippen LogP contribution in [0, 0.1) is 11.6 Å². The maximum atomic E-state index is 14.1. The van der Waals surface area contributed by atoms with Crippen molar-refractivity contribution in [3.05, 3.63) is 100 Å². The van der Waals surface area contributed by atoms with Crippen LogP contribution in [0.5, 0.6) is 0 Å². The van der Waals surface area contributed by atoms with Crippen molar-refractivity contribution in [1.29, 1.82) is 0 Å². The first-order valence-electron chi connectivity index (χ1n) is 16.7. The molecule has 0 aliphatic rings. The molecule has 3 rings (SSSR count). The van der Waals surface area contributed by atoms with Crippen molar-refractivity contribution < 1.29 is 37.0 Å². The van der Waals surface area contributed by atoms with Gasteiger partial charge in [-0.3, -0.25) is 9.59 Å². The molecule has 5 N–H and O–H groups in total. The van der Waals surface area contributed by atoms with Crippen LogP contribution >= 0.6 is 0 Å². The summed E-state index contributed by atoms with van der Waals surface area (Å²) in [7, 11) is -4.20. The first-order valence-corrected chi connectivity index (χ1v) is 18.2. The minimum Gasteiger partial charge on any atom is -0.396 e. The molecule has 0 aliphatic carbocycles. The Morgan fingerprint density at radius 2 is 1.53 bits per heavy atom. The summed E-state index contributed by atoms with van der Waals surface area (Å²) in [6.45, 7) is 6.84. The summed E-state index contributed by atoms with van der Waals surface area (Å²) in [6.07, 6.45) is 0.961. The lowest BCUT2D eigenvalue weighted by Gasteiger charge is -2.26. The zero-order chi connectivity index (χ0) is 36.0. The number of aryl methyl sites for hydroxylation is 1. The molecule has 0 fully saturated rings. The fraction of sp³-hybridized carbons (Fsp3) is 0.444. The third-order valence-corrected chi connectivity index (χ3v) is 9.31. The van der Waals surface area contributed by atoms with Gasteiger partial charge in [0, 0.05) is 56.5 Å². The molecule has 2 amide bonds. The van der Waals surface area contributed by atoms with Crippen LogP contribution in [-0.2, 0) is 29.4 Å². The molecule has 0 aliphatic heterocycles. The van der Waals surface area contributed by atoms with Crippen molar-refractivity contribution in [2.24, 2.45) is 0 Å². The Bertz CT molecular complexity index is 1630. The monoisotopic (exact) mass is 702 g/mol. The lowest BCUT2D eigenvalue weighted by atomic mass is 9.99. The Labute approximate surface area is 288 Å². The van der Waals surface area contributed by atoms with Gasteiger partial charge in [-0.1, -0.05) is 45.0 Å². The van der Waals surface area contributed by atoms with E-state index < -0.39 is 45.6 Å². The van der Waals surface area contributed by atoms with E-state index in [2.05, 4.69) is 15.4 Å². The Kier molecular flexibility index (Phi) is 15.7. The number of amides is 2. The first-order chi connectivity index (χ1) is 23.4. The summed E-state index contributed by atoms with van der Waals surface area (Å²) in [5, 5.41) is 26.3. The lowest BCUT2D eigenvalue weighted by molar-refractivity contribution is 0.0755. The van der Waals surface area contributed by atoms with Gasteiger partial charge in [-0.2, -0.15) is 0 Å². The average Bonchev–Trinajstić information content (AvgIpc) is 3.07. The number of carbonyl (C=O) groups excluding carboxylic acids is 2. The Hall–Kier alpha value is -3.75. The predicted molar refractivity (Wildman–Crippen MR) is 185 cm³/mol. The second-order valence-electron chi connectivity index (χ2n) is 11.9. The zero-order valence-corrected chi connectivity index (χ0v) is 29.2. The van der Waals surface area contributed by atoms with Crippen molar-refractivity contribution in [3.8, 4) is 0 Å². The number of aliphatic hydroxyl groups excluding tert-OH is 2. The van der Waals surface area contributed by atoms with E-state index in [1.54, 1.807) is 4.90 Å². The van der Waals surface area contributed by atoms with Crippen LogP contribution in [0.25, 0.3) is 0 Å². The second-order valence-corrected chi connectivity index (χ2v) is 13.7. The van der Waals surface area contributed by atoms with E-state index in [0.717, 1.165) is 41.8 Å². The van der Waals surface area contributed by atoms with Gasteiger partial charge < -0.3 is 25.7 Å². The lowest BCUT2D eigenvalue weighted by Crippen LogP contribution is -2.48. The molecule has 3 aromatic carbocycles. The van der Waals surface area contributed by atoms with Crippen molar-refractivity contribution in [2.45, 2.75) is 76.5 Å². The van der Waals surface area contributed by atoms with Gasteiger partial charge in [0.25, 0.3) is 11.8 Å². The number of sulfonamides is 1. The zero-order valence-electron chi connectivity index (χ0n) is 28.3. The van der Waals surface area contributed by atoms with E-state index in [1.165, 1.54) is 12.1 Å². The van der Waals surface area contributed by atoms with Crippen LogP contribution in [0.1, 0.15) is 77.4 Å². The molecule has 0 radical (unpaired) electrons. The minimum atomic E-state index is -4.20. The van der Waals surface area contributed by atoms with Gasteiger partial charge in [-0.25, -0.2) is 21.9 Å². The molecule has 0 spiro atoms. The average molecular weight is 703 g/mol. The van der Waals surface area contributed by atoms with Crippen LogP contribution in [0.15, 0.2) is 65.6 Å². The van der Waals surface area contributed by atoms with Crippen molar-refractivity contribution in [2.75, 3.05) is 32.8 Å². The number of hydrogen-bond donors (Lipinski definition) is 5. The number of carbonyl (C=O) groups is 2. The number of aliphatic hydroxyl groups is 2. The Morgan fingerprint density at radius 1 is 0.878 bits per heavy atom. The molecule has 268 valence electrons. The molecule has 0 bridgehead atoms. The van der Waals surface area contributed by atoms with Gasteiger partial charge in [-0.05, 0) is 79.1 Å². The van der Waals surface area contributed by atoms with E-state index in [0.29, 0.717) is 32.5 Å². The molecular formula is C36H48F2N4O6S. The molecule has 0 unspecified atom stereocenters. The molecule has 0 heterocycles. The molecule has 10 nitrogen and oxygen atoms in total. The summed E-state index contributed by atoms with van der Waals surface area (Å²) in [5.74, 6) is -2.88. The second kappa shape index (κ2) is 19.4. The maximum absolute atomic E-state index is 14.1. The van der Waals surface area contributed by atoms with E-state index in [9.17, 15) is 31.9 Å². The largest absolute Gasteiger partial charge is 0.396 e. The number of nitrogens with zero attached hydrogens (tertiary/aromatic N) is 1. The SMILES string of the molecule is CCCN(CCC)C(=O)c1cc(C(=O)N[C@@H](Cc2cc(F)cc(F)c2)[C@H](O)CNCc2cccc(CC)c2)cc(S(=O)(=O)NCCCO)c1. The van der Waals surface area contributed by atoms with E-state index in [-0.39, 0.29) is 54.1 Å². The summed E-state index contributed by atoms with van der Waals surface area (Å²) in [5.41, 5.74) is 2.15. The fourth-order valence-electron chi connectivity index (χ4n) is 5.40. The number of rotatable bonds is 20. The van der Waals surface area contributed by atoms with Crippen LogP contribution in [0.3, 0.4) is 0 Å². The van der Waals surface area contributed by atoms with Gasteiger partial charge in [0.2, 0.25) is 10.0 Å². The summed E-state index contributed by atoms with van der Waals surface area (Å²) in [4.78, 5) is 28.7. The Balaban J connectivity index is 1.96. The number of nitrogens with one attached hydrogen (secondary N) is 3. The number of hydrogen-bond acceptors (Lipinski definition) is 7. The number of halogens is 2. The third-order valence-electron chi connectivity index (χ3n) is 7.87. The highest BCUT2D eigenvalue weighted by Gasteiger charge is 2.26. The van der Waals surface area contributed by atoms with Crippen molar-refractivity contribution in [3.63, 3.8) is 0 Å². The first kappa shape index (κ1) is 39.7. The third kappa shape index (κ3) is 12.3. The van der Waals surface area contributed by atoms with Crippen LogP contribution < -0.4 is 15.4 Å². The van der Waals surface area contributed by atoms with E-state index >= 15 is 0 Å². The van der Waals surface area contributed by atoms with Crippen LogP contribution in [0.2, 0.25) is 0 Å². The normalized spacial score (nSPS) is 12.8. The molecule has 0 saturated carbocycles. The molecule has 49 heavy (non-hydrogen) atoms. The highest BCUT2D eigenvalue weighted by molar-refractivity contribution is 7.89. The molecule has 3 aromatic rings. The van der Waals surface area contributed by atoms with Gasteiger partial charge in [0.05, 0.1) is 17.0 Å². The molecule has 13 heteroatoms. The quantitative estimate of drug-likeness (QED) is 0.112. The van der Waals surface area contributed by atoms with Gasteiger partial charge >= 0.3 is 0 Å². The summed E-state index contributed by atoms with van der Waals surface area (Å²) >= 11 is 0. The molecular weight excluding hydrogens is 654 g/mol. The molecule has 2 atom stereocenters. The smallest absolute Gasteiger partial charge is 0.253 e. The summed E-state index contributed by atoms with van der Waals surface area (Å²) in [6, 6.07) is 13.4. The Morgan fingerprint density at radius 3 is 2.16 bits per heavy atom. The van der Waals surface area contributed by atoms with Crippen molar-refractivity contribution in [1.82, 2.24) is 20.3 Å². The molecule has 0 aromatic heterocycles. The minimum absolute atomic E-state index is 0.00895. The topological polar surface area (TPSA) is 148 Å². The summed E-state index contributed by atoms with van der Waals surface area (Å²) < 4.78 is 57.0. The van der Waals surface area contributed by atoms with Gasteiger partial charge in [0.15, 0.2) is 0 Å². The van der Waals surface area contributed by atoms with E-state index in [1.807, 2.05) is 45.0 Å².